The second-order valence-corrected chi connectivity index (χ2v) is 8.02. The van der Waals surface area contributed by atoms with Crippen molar-refractivity contribution in [2.24, 2.45) is 0 Å². The third-order valence-corrected chi connectivity index (χ3v) is 5.90. The van der Waals surface area contributed by atoms with Gasteiger partial charge in [0, 0.05) is 11.3 Å². The third-order valence-electron chi connectivity index (χ3n) is 4.51. The lowest BCUT2D eigenvalue weighted by molar-refractivity contribution is 0.102. The van der Waals surface area contributed by atoms with E-state index in [2.05, 4.69) is 32.7 Å². The zero-order valence-corrected chi connectivity index (χ0v) is 17.5. The van der Waals surface area contributed by atoms with E-state index in [1.807, 2.05) is 43.3 Å². The minimum absolute atomic E-state index is 0.238. The number of para-hydroxylation sites is 1. The summed E-state index contributed by atoms with van der Waals surface area (Å²) in [7, 11) is 0. The molecule has 0 saturated carbocycles. The summed E-state index contributed by atoms with van der Waals surface area (Å²) in [4.78, 5) is 18.4. The van der Waals surface area contributed by atoms with E-state index in [-0.39, 0.29) is 11.6 Å². The average Bonchev–Trinajstić information content (AvgIpc) is 3.25. The zero-order chi connectivity index (χ0) is 20.4. The van der Waals surface area contributed by atoms with Gasteiger partial charge in [0.05, 0.1) is 22.1 Å². The first-order valence-corrected chi connectivity index (χ1v) is 10.2. The molecule has 0 aliphatic carbocycles. The molecule has 0 saturated heterocycles. The largest absolute Gasteiger partial charge is 0.296 e. The molecule has 4 aromatic rings. The molecule has 0 unspecified atom stereocenters. The lowest BCUT2D eigenvalue weighted by Crippen LogP contribution is -2.14. The Morgan fingerprint density at radius 2 is 1.83 bits per heavy atom. The Kier molecular flexibility index (Phi) is 5.42. The van der Waals surface area contributed by atoms with Crippen molar-refractivity contribution in [1.29, 1.82) is 0 Å². The summed E-state index contributed by atoms with van der Waals surface area (Å²) < 4.78 is 1.56. The van der Waals surface area contributed by atoms with Crippen LogP contribution in [0.2, 0.25) is 5.02 Å². The zero-order valence-electron chi connectivity index (χ0n) is 15.9. The predicted octanol–water partition coefficient (Wildman–Crippen LogP) is 4.84. The highest BCUT2D eigenvalue weighted by Crippen LogP contribution is 2.26. The number of nitrogens with one attached hydrogen (secondary N) is 1. The number of anilines is 1. The Labute approximate surface area is 177 Å². The third kappa shape index (κ3) is 4.06. The van der Waals surface area contributed by atoms with E-state index in [9.17, 15) is 4.79 Å². The normalized spacial score (nSPS) is 10.9. The van der Waals surface area contributed by atoms with Gasteiger partial charge in [0.2, 0.25) is 0 Å². The van der Waals surface area contributed by atoms with Gasteiger partial charge in [-0.15, -0.1) is 16.4 Å². The SMILES string of the molecule is Cc1nc(NC(=O)c2nnn(-c3ccccc3Cl)c2C)sc1Cc1ccccc1. The number of aryl methyl sites for hydroxylation is 1. The molecule has 146 valence electrons. The molecule has 29 heavy (non-hydrogen) atoms. The minimum atomic E-state index is -0.346. The molecular weight excluding hydrogens is 406 g/mol. The highest BCUT2D eigenvalue weighted by atomic mass is 35.5. The molecule has 1 N–H and O–H groups in total. The molecule has 0 fully saturated rings. The number of nitrogens with zero attached hydrogens (tertiary/aromatic N) is 4. The molecule has 4 rings (SSSR count). The standard InChI is InChI=1S/C21H18ClN5OS/c1-13-18(12-15-8-4-3-5-9-15)29-21(23-13)24-20(28)19-14(2)27(26-25-19)17-11-7-6-10-16(17)22/h3-11H,12H2,1-2H3,(H,23,24,28). The summed E-state index contributed by atoms with van der Waals surface area (Å²) in [6.45, 7) is 3.73. The molecule has 0 aliphatic heterocycles. The van der Waals surface area contributed by atoms with Crippen molar-refractivity contribution >= 4 is 34.0 Å². The van der Waals surface area contributed by atoms with E-state index in [1.165, 1.54) is 16.9 Å². The summed E-state index contributed by atoms with van der Waals surface area (Å²) in [5.41, 5.74) is 3.63. The van der Waals surface area contributed by atoms with Gasteiger partial charge in [0.25, 0.3) is 5.91 Å². The van der Waals surface area contributed by atoms with E-state index in [4.69, 9.17) is 11.6 Å². The van der Waals surface area contributed by atoms with Gasteiger partial charge in [-0.1, -0.05) is 59.3 Å². The van der Waals surface area contributed by atoms with Crippen LogP contribution >= 0.6 is 22.9 Å². The molecule has 0 spiro atoms. The number of hydrogen-bond donors (Lipinski definition) is 1. The molecule has 0 bridgehead atoms. The molecule has 0 atom stereocenters. The Hall–Kier alpha value is -3.03. The first kappa shape index (κ1) is 19.3. The fraction of sp³-hybridized carbons (Fsp3) is 0.143. The van der Waals surface area contributed by atoms with Crippen LogP contribution in [0, 0.1) is 13.8 Å². The molecule has 0 aliphatic rings. The molecule has 2 aromatic heterocycles. The number of hydrogen-bond acceptors (Lipinski definition) is 5. The summed E-state index contributed by atoms with van der Waals surface area (Å²) >= 11 is 7.71. The smallest absolute Gasteiger partial charge is 0.279 e. The highest BCUT2D eigenvalue weighted by molar-refractivity contribution is 7.15. The van der Waals surface area contributed by atoms with Crippen LogP contribution in [-0.4, -0.2) is 25.9 Å². The van der Waals surface area contributed by atoms with Crippen molar-refractivity contribution in [3.8, 4) is 5.69 Å². The first-order valence-electron chi connectivity index (χ1n) is 9.01. The summed E-state index contributed by atoms with van der Waals surface area (Å²) in [5.74, 6) is -0.346. The second-order valence-electron chi connectivity index (χ2n) is 6.53. The number of amides is 1. The predicted molar refractivity (Wildman–Crippen MR) is 115 cm³/mol. The van der Waals surface area contributed by atoms with E-state index < -0.39 is 0 Å². The lowest BCUT2D eigenvalue weighted by Gasteiger charge is -2.05. The number of aromatic nitrogens is 4. The summed E-state index contributed by atoms with van der Waals surface area (Å²) in [6.07, 6.45) is 0.780. The van der Waals surface area contributed by atoms with Gasteiger partial charge in [0.1, 0.15) is 0 Å². The molecule has 2 aromatic carbocycles. The van der Waals surface area contributed by atoms with Crippen LogP contribution in [0.4, 0.5) is 5.13 Å². The molecule has 1 amide bonds. The van der Waals surface area contributed by atoms with Crippen LogP contribution in [-0.2, 0) is 6.42 Å². The summed E-state index contributed by atoms with van der Waals surface area (Å²) in [5, 5.41) is 12.1. The van der Waals surface area contributed by atoms with Crippen LogP contribution in [0.25, 0.3) is 5.69 Å². The van der Waals surface area contributed by atoms with Crippen LogP contribution in [0.3, 0.4) is 0 Å². The summed E-state index contributed by atoms with van der Waals surface area (Å²) in [6, 6.07) is 17.5. The molecular formula is C21H18ClN5OS. The number of carbonyl (C=O) groups is 1. The van der Waals surface area contributed by atoms with Crippen LogP contribution in [0.1, 0.15) is 32.3 Å². The number of rotatable bonds is 5. The van der Waals surface area contributed by atoms with Gasteiger partial charge in [-0.25, -0.2) is 9.67 Å². The van der Waals surface area contributed by atoms with Gasteiger partial charge in [-0.05, 0) is 31.5 Å². The van der Waals surface area contributed by atoms with Crippen molar-refractivity contribution in [3.63, 3.8) is 0 Å². The van der Waals surface area contributed by atoms with Crippen molar-refractivity contribution < 1.29 is 4.79 Å². The molecule has 0 radical (unpaired) electrons. The minimum Gasteiger partial charge on any atom is -0.296 e. The monoisotopic (exact) mass is 423 g/mol. The fourth-order valence-corrected chi connectivity index (χ4v) is 4.18. The van der Waals surface area contributed by atoms with Gasteiger partial charge in [-0.2, -0.15) is 0 Å². The van der Waals surface area contributed by atoms with E-state index >= 15 is 0 Å². The lowest BCUT2D eigenvalue weighted by atomic mass is 10.1. The molecule has 8 heteroatoms. The van der Waals surface area contributed by atoms with Crippen molar-refractivity contribution in [2.45, 2.75) is 20.3 Å². The fourth-order valence-electron chi connectivity index (χ4n) is 2.97. The maximum atomic E-state index is 12.8. The number of carbonyl (C=O) groups excluding carboxylic acids is 1. The first-order chi connectivity index (χ1) is 14.0. The molecule has 6 nitrogen and oxygen atoms in total. The highest BCUT2D eigenvalue weighted by Gasteiger charge is 2.20. The maximum Gasteiger partial charge on any atom is 0.279 e. The van der Waals surface area contributed by atoms with Crippen molar-refractivity contribution in [3.05, 3.63) is 87.1 Å². The van der Waals surface area contributed by atoms with Crippen molar-refractivity contribution in [1.82, 2.24) is 20.0 Å². The Bertz CT molecular complexity index is 1170. The van der Waals surface area contributed by atoms with Crippen LogP contribution < -0.4 is 5.32 Å². The Morgan fingerprint density at radius 1 is 1.10 bits per heavy atom. The number of thiazole rings is 1. The Balaban J connectivity index is 1.53. The number of halogens is 1. The van der Waals surface area contributed by atoms with E-state index in [0.29, 0.717) is 21.5 Å². The topological polar surface area (TPSA) is 72.7 Å². The maximum absolute atomic E-state index is 12.8. The quantitative estimate of drug-likeness (QED) is 0.498. The Morgan fingerprint density at radius 3 is 2.59 bits per heavy atom. The van der Waals surface area contributed by atoms with Gasteiger partial charge in [-0.3, -0.25) is 10.1 Å². The van der Waals surface area contributed by atoms with E-state index in [1.54, 1.807) is 17.7 Å². The van der Waals surface area contributed by atoms with Gasteiger partial charge >= 0.3 is 0 Å². The van der Waals surface area contributed by atoms with Crippen LogP contribution in [0.5, 0.6) is 0 Å². The second kappa shape index (κ2) is 8.14. The van der Waals surface area contributed by atoms with Crippen LogP contribution in [0.15, 0.2) is 54.6 Å². The van der Waals surface area contributed by atoms with E-state index in [0.717, 1.165) is 17.0 Å². The van der Waals surface area contributed by atoms with Crippen molar-refractivity contribution in [2.75, 3.05) is 5.32 Å². The molecule has 2 heterocycles. The number of benzene rings is 2. The average molecular weight is 424 g/mol. The van der Waals surface area contributed by atoms with Gasteiger partial charge < -0.3 is 0 Å². The van der Waals surface area contributed by atoms with Gasteiger partial charge in [0.15, 0.2) is 10.8 Å².